The fourth-order valence-electron chi connectivity index (χ4n) is 2.38. The van der Waals surface area contributed by atoms with Crippen molar-refractivity contribution in [2.75, 3.05) is 16.4 Å². The average Bonchev–Trinajstić information content (AvgIpc) is 2.59. The highest BCUT2D eigenvalue weighted by Crippen LogP contribution is 2.33. The molecule has 2 aromatic rings. The van der Waals surface area contributed by atoms with Gasteiger partial charge in [-0.1, -0.05) is 42.5 Å². The lowest BCUT2D eigenvalue weighted by molar-refractivity contribution is -0.116. The van der Waals surface area contributed by atoms with Crippen molar-refractivity contribution in [1.29, 1.82) is 0 Å². The molecule has 24 heavy (non-hydrogen) atoms. The molecule has 4 nitrogen and oxygen atoms in total. The summed E-state index contributed by atoms with van der Waals surface area (Å²) in [5, 5.41) is 5.69. The minimum Gasteiger partial charge on any atom is -0.326 e. The number of amides is 2. The molecule has 5 heteroatoms. The van der Waals surface area contributed by atoms with E-state index >= 15 is 0 Å². The summed E-state index contributed by atoms with van der Waals surface area (Å²) < 4.78 is 0. The van der Waals surface area contributed by atoms with Crippen LogP contribution in [0.2, 0.25) is 0 Å². The zero-order valence-corrected chi connectivity index (χ0v) is 13.9. The molecule has 0 radical (unpaired) electrons. The summed E-state index contributed by atoms with van der Waals surface area (Å²) >= 11 is 1.51. The molecule has 2 N–H and O–H groups in total. The number of benzene rings is 2. The number of anilines is 2. The molecule has 3 rings (SSSR count). The van der Waals surface area contributed by atoms with Gasteiger partial charge in [0.15, 0.2) is 0 Å². The summed E-state index contributed by atoms with van der Waals surface area (Å²) in [4.78, 5) is 24.5. The van der Waals surface area contributed by atoms with Gasteiger partial charge in [-0.15, -0.1) is 11.8 Å². The average molecular weight is 338 g/mol. The van der Waals surface area contributed by atoms with E-state index in [1.165, 1.54) is 11.8 Å². The Hall–Kier alpha value is -2.53. The van der Waals surface area contributed by atoms with Gasteiger partial charge in [-0.3, -0.25) is 9.59 Å². The number of hydrogen-bond acceptors (Lipinski definition) is 3. The molecular weight excluding hydrogens is 320 g/mol. The molecule has 2 aromatic carbocycles. The van der Waals surface area contributed by atoms with E-state index in [0.29, 0.717) is 24.3 Å². The highest BCUT2D eigenvalue weighted by atomic mass is 32.2. The molecule has 0 saturated carbocycles. The molecule has 0 spiro atoms. The molecule has 1 heterocycles. The highest BCUT2D eigenvalue weighted by Gasteiger charge is 2.15. The van der Waals surface area contributed by atoms with Crippen LogP contribution in [0.15, 0.2) is 59.5 Å². The second-order valence-electron chi connectivity index (χ2n) is 5.45. The first kappa shape index (κ1) is 16.3. The number of rotatable bonds is 5. The lowest BCUT2D eigenvalue weighted by Gasteiger charge is -2.17. The number of carbonyl (C=O) groups excluding carboxylic acids is 2. The van der Waals surface area contributed by atoms with Crippen molar-refractivity contribution in [3.63, 3.8) is 0 Å². The zero-order valence-electron chi connectivity index (χ0n) is 13.1. The minimum atomic E-state index is -0.0394. The van der Waals surface area contributed by atoms with Crippen LogP contribution in [0.4, 0.5) is 11.4 Å². The van der Waals surface area contributed by atoms with Crippen LogP contribution in [-0.4, -0.2) is 17.6 Å². The number of nitrogens with one attached hydrogen (secondary N) is 2. The Balaban J connectivity index is 1.51. The Morgan fingerprint density at radius 1 is 1.21 bits per heavy atom. The van der Waals surface area contributed by atoms with Gasteiger partial charge in [-0.25, -0.2) is 0 Å². The first-order chi connectivity index (χ1) is 11.7. The molecule has 1 aliphatic rings. The zero-order chi connectivity index (χ0) is 16.8. The molecule has 0 unspecified atom stereocenters. The van der Waals surface area contributed by atoms with Gasteiger partial charge < -0.3 is 10.6 Å². The summed E-state index contributed by atoms with van der Waals surface area (Å²) in [6, 6.07) is 15.6. The van der Waals surface area contributed by atoms with Crippen molar-refractivity contribution >= 4 is 41.0 Å². The predicted octanol–water partition coefficient (Wildman–Crippen LogP) is 4.16. The second-order valence-corrected chi connectivity index (χ2v) is 6.46. The SMILES string of the molecule is O=C(CC/C=C/c1ccccc1)Nc1ccc2c(c1)NC(=O)CS2. The largest absolute Gasteiger partial charge is 0.326 e. The lowest BCUT2D eigenvalue weighted by Crippen LogP contribution is -2.19. The van der Waals surface area contributed by atoms with E-state index in [4.69, 9.17) is 0 Å². The van der Waals surface area contributed by atoms with Gasteiger partial charge in [-0.2, -0.15) is 0 Å². The van der Waals surface area contributed by atoms with Crippen molar-refractivity contribution < 1.29 is 9.59 Å². The molecule has 0 aliphatic carbocycles. The van der Waals surface area contributed by atoms with Crippen molar-refractivity contribution in [3.8, 4) is 0 Å². The third-order valence-electron chi connectivity index (χ3n) is 3.54. The van der Waals surface area contributed by atoms with Gasteiger partial charge in [0.05, 0.1) is 11.4 Å². The topological polar surface area (TPSA) is 58.2 Å². The number of carbonyl (C=O) groups is 2. The van der Waals surface area contributed by atoms with Gasteiger partial charge in [-0.05, 0) is 30.2 Å². The van der Waals surface area contributed by atoms with E-state index in [0.717, 1.165) is 16.1 Å². The molecule has 0 bridgehead atoms. The molecule has 0 atom stereocenters. The van der Waals surface area contributed by atoms with E-state index in [9.17, 15) is 9.59 Å². The minimum absolute atomic E-state index is 0.0120. The van der Waals surface area contributed by atoms with Crippen LogP contribution >= 0.6 is 11.8 Å². The fourth-order valence-corrected chi connectivity index (χ4v) is 3.17. The van der Waals surface area contributed by atoms with Crippen LogP contribution in [0, 0.1) is 0 Å². The molecule has 0 saturated heterocycles. The first-order valence-electron chi connectivity index (χ1n) is 7.79. The first-order valence-corrected chi connectivity index (χ1v) is 8.77. The summed E-state index contributed by atoms with van der Waals surface area (Å²) in [6.45, 7) is 0. The smallest absolute Gasteiger partial charge is 0.234 e. The van der Waals surface area contributed by atoms with Crippen LogP contribution < -0.4 is 10.6 Å². The van der Waals surface area contributed by atoms with Gasteiger partial charge in [0.1, 0.15) is 0 Å². The van der Waals surface area contributed by atoms with Gasteiger partial charge in [0.25, 0.3) is 0 Å². The summed E-state index contributed by atoms with van der Waals surface area (Å²) in [5.41, 5.74) is 2.59. The highest BCUT2D eigenvalue weighted by molar-refractivity contribution is 8.00. The Bertz CT molecular complexity index is 772. The number of allylic oxidation sites excluding steroid dienone is 1. The van der Waals surface area contributed by atoms with E-state index < -0.39 is 0 Å². The van der Waals surface area contributed by atoms with Crippen LogP contribution in [-0.2, 0) is 9.59 Å². The summed E-state index contributed by atoms with van der Waals surface area (Å²) in [7, 11) is 0. The van der Waals surface area contributed by atoms with Gasteiger partial charge in [0.2, 0.25) is 11.8 Å². The third-order valence-corrected chi connectivity index (χ3v) is 4.62. The summed E-state index contributed by atoms with van der Waals surface area (Å²) in [5.74, 6) is 0.386. The molecule has 1 aliphatic heterocycles. The number of fused-ring (bicyclic) bond motifs is 1. The second kappa shape index (κ2) is 7.84. The van der Waals surface area contributed by atoms with E-state index in [-0.39, 0.29) is 11.8 Å². The van der Waals surface area contributed by atoms with E-state index in [1.807, 2.05) is 54.6 Å². The van der Waals surface area contributed by atoms with Crippen LogP contribution in [0.25, 0.3) is 6.08 Å². The Morgan fingerprint density at radius 2 is 2.04 bits per heavy atom. The van der Waals surface area contributed by atoms with Crippen molar-refractivity contribution in [1.82, 2.24) is 0 Å². The van der Waals surface area contributed by atoms with E-state index in [1.54, 1.807) is 6.07 Å². The van der Waals surface area contributed by atoms with Crippen molar-refractivity contribution in [2.24, 2.45) is 0 Å². The Morgan fingerprint density at radius 3 is 2.88 bits per heavy atom. The predicted molar refractivity (Wildman–Crippen MR) is 99.1 cm³/mol. The lowest BCUT2D eigenvalue weighted by atomic mass is 10.2. The molecule has 2 amide bonds. The quantitative estimate of drug-likeness (QED) is 0.860. The van der Waals surface area contributed by atoms with Gasteiger partial charge >= 0.3 is 0 Å². The van der Waals surface area contributed by atoms with Crippen LogP contribution in [0.3, 0.4) is 0 Å². The maximum atomic E-state index is 12.0. The Kier molecular flexibility index (Phi) is 5.33. The third kappa shape index (κ3) is 4.49. The molecule has 0 fully saturated rings. The standard InChI is InChI=1S/C19H18N2O2S/c22-18(9-5-4-8-14-6-2-1-3-7-14)20-15-10-11-17-16(12-15)21-19(23)13-24-17/h1-4,6-8,10-12H,5,9,13H2,(H,20,22)(H,21,23)/b8-4+. The van der Waals surface area contributed by atoms with Crippen LogP contribution in [0.5, 0.6) is 0 Å². The monoisotopic (exact) mass is 338 g/mol. The van der Waals surface area contributed by atoms with Crippen molar-refractivity contribution in [3.05, 3.63) is 60.2 Å². The normalized spacial score (nSPS) is 13.4. The molecular formula is C19H18N2O2S. The van der Waals surface area contributed by atoms with Crippen LogP contribution in [0.1, 0.15) is 18.4 Å². The Labute approximate surface area is 145 Å². The van der Waals surface area contributed by atoms with Gasteiger partial charge in [0, 0.05) is 17.0 Å². The van der Waals surface area contributed by atoms with E-state index in [2.05, 4.69) is 10.6 Å². The maximum Gasteiger partial charge on any atom is 0.234 e. The van der Waals surface area contributed by atoms with Crippen molar-refractivity contribution in [2.45, 2.75) is 17.7 Å². The molecule has 122 valence electrons. The number of thioether (sulfide) groups is 1. The number of hydrogen-bond donors (Lipinski definition) is 2. The summed E-state index contributed by atoms with van der Waals surface area (Å²) in [6.07, 6.45) is 5.11. The maximum absolute atomic E-state index is 12.0. The fraction of sp³-hybridized carbons (Fsp3) is 0.158. The molecule has 0 aromatic heterocycles.